The molecule has 4 rings (SSSR count). The predicted molar refractivity (Wildman–Crippen MR) is 134 cm³/mol. The summed E-state index contributed by atoms with van der Waals surface area (Å²) in [6.45, 7) is 8.69. The number of nitrogens with zero attached hydrogens (tertiary/aromatic N) is 4. The van der Waals surface area contributed by atoms with Crippen molar-refractivity contribution >= 4 is 11.6 Å². The summed E-state index contributed by atoms with van der Waals surface area (Å²) in [6, 6.07) is 14.6. The highest BCUT2D eigenvalue weighted by Crippen LogP contribution is 2.41. The molecule has 35 heavy (non-hydrogen) atoms. The fraction of sp³-hybridized carbons (Fsp3) is 0.370. The van der Waals surface area contributed by atoms with E-state index in [1.54, 1.807) is 42.6 Å². The number of benzene rings is 2. The Morgan fingerprint density at radius 1 is 1.11 bits per heavy atom. The van der Waals surface area contributed by atoms with Gasteiger partial charge in [0.1, 0.15) is 35.2 Å². The van der Waals surface area contributed by atoms with Crippen molar-refractivity contribution in [3.8, 4) is 34.6 Å². The van der Waals surface area contributed by atoms with Crippen molar-refractivity contribution in [1.82, 2.24) is 15.0 Å². The maximum Gasteiger partial charge on any atom is 0.146 e. The molecule has 0 radical (unpaired) electrons. The van der Waals surface area contributed by atoms with Gasteiger partial charge in [-0.25, -0.2) is 9.97 Å². The van der Waals surface area contributed by atoms with Crippen LogP contribution in [0.15, 0.2) is 55.0 Å². The average Bonchev–Trinajstić information content (AvgIpc) is 2.83. The normalized spacial score (nSPS) is 17.5. The lowest BCUT2D eigenvalue weighted by molar-refractivity contribution is -0.252. The number of aromatic nitrogens is 2. The summed E-state index contributed by atoms with van der Waals surface area (Å²) in [5, 5.41) is 22.1. The van der Waals surface area contributed by atoms with Gasteiger partial charge >= 0.3 is 0 Å². The van der Waals surface area contributed by atoms with Gasteiger partial charge in [0, 0.05) is 28.9 Å². The van der Waals surface area contributed by atoms with Crippen molar-refractivity contribution in [2.75, 3.05) is 6.61 Å². The van der Waals surface area contributed by atoms with E-state index in [2.05, 4.69) is 16.0 Å². The predicted octanol–water partition coefficient (Wildman–Crippen LogP) is 6.50. The Morgan fingerprint density at radius 3 is 2.49 bits per heavy atom. The smallest absolute Gasteiger partial charge is 0.146 e. The first-order valence-corrected chi connectivity index (χ1v) is 11.9. The second-order valence-electron chi connectivity index (χ2n) is 10.1. The fourth-order valence-electron chi connectivity index (χ4n) is 4.98. The molecule has 1 saturated heterocycles. The van der Waals surface area contributed by atoms with Crippen LogP contribution in [0.5, 0.6) is 17.2 Å². The molecule has 1 aromatic heterocycles. The maximum absolute atomic E-state index is 10.5. The lowest BCUT2D eigenvalue weighted by Crippen LogP contribution is -2.59. The van der Waals surface area contributed by atoms with Gasteiger partial charge < -0.3 is 14.7 Å². The summed E-state index contributed by atoms with van der Waals surface area (Å²) < 4.78 is 12.1. The van der Waals surface area contributed by atoms with Crippen LogP contribution in [0.25, 0.3) is 11.3 Å². The van der Waals surface area contributed by atoms with E-state index in [4.69, 9.17) is 21.1 Å². The highest BCUT2D eigenvalue weighted by Gasteiger charge is 2.45. The molecule has 0 aliphatic carbocycles. The lowest BCUT2D eigenvalue weighted by Gasteiger charge is -2.51. The molecular weight excluding hydrogens is 464 g/mol. The fourth-order valence-corrected chi connectivity index (χ4v) is 5.19. The monoisotopic (exact) mass is 492 g/mol. The van der Waals surface area contributed by atoms with E-state index in [9.17, 15) is 10.5 Å². The first kappa shape index (κ1) is 24.9. The minimum atomic E-state index is -0.329. The van der Waals surface area contributed by atoms with Gasteiger partial charge in [-0.1, -0.05) is 23.7 Å². The van der Waals surface area contributed by atoms with Gasteiger partial charge in [-0.3, -0.25) is 0 Å². The highest BCUT2D eigenvalue weighted by atomic mass is 35.5. The number of rotatable bonds is 6. The van der Waals surface area contributed by atoms with Crippen LogP contribution in [-0.2, 0) is 0 Å². The SMILES string of the molecule is CC1(C)CC(COc2ccc(Oc3cccc(-c4ccncn4)c3C#N)c(Cl)c2)CC(C)(C)N1O. The second-order valence-corrected chi connectivity index (χ2v) is 10.5. The number of hydrogen-bond donors (Lipinski definition) is 1. The second kappa shape index (κ2) is 9.82. The number of halogens is 1. The molecule has 0 amide bonds. The summed E-state index contributed by atoms with van der Waals surface area (Å²) in [5.41, 5.74) is 0.995. The quantitative estimate of drug-likeness (QED) is 0.420. The van der Waals surface area contributed by atoms with E-state index in [1.807, 2.05) is 33.8 Å². The molecule has 2 aromatic carbocycles. The van der Waals surface area contributed by atoms with E-state index in [-0.39, 0.29) is 11.1 Å². The molecule has 0 atom stereocenters. The molecule has 2 heterocycles. The van der Waals surface area contributed by atoms with Crippen LogP contribution >= 0.6 is 11.6 Å². The largest absolute Gasteiger partial charge is 0.493 e. The van der Waals surface area contributed by atoms with Crippen molar-refractivity contribution < 1.29 is 14.7 Å². The van der Waals surface area contributed by atoms with Gasteiger partial charge in [-0.05, 0) is 70.7 Å². The van der Waals surface area contributed by atoms with Crippen LogP contribution < -0.4 is 9.47 Å². The van der Waals surface area contributed by atoms with E-state index >= 15 is 0 Å². The Morgan fingerprint density at radius 2 is 1.86 bits per heavy atom. The van der Waals surface area contributed by atoms with Crippen LogP contribution in [0.4, 0.5) is 0 Å². The van der Waals surface area contributed by atoms with E-state index in [1.165, 1.54) is 11.4 Å². The zero-order valence-electron chi connectivity index (χ0n) is 20.3. The number of ether oxygens (including phenoxy) is 2. The van der Waals surface area contributed by atoms with E-state index in [0.29, 0.717) is 51.6 Å². The molecule has 1 N–H and O–H groups in total. The standard InChI is InChI=1S/C27H29ClN4O3/c1-26(2)13-18(14-27(3,4)32(26)33)16-34-19-8-9-25(22(28)12-19)35-24-7-5-6-20(21(24)15-29)23-10-11-30-17-31-23/h5-12,17-18,33H,13-14,16H2,1-4H3. The molecule has 1 fully saturated rings. The molecule has 0 spiro atoms. The zero-order chi connectivity index (χ0) is 25.2. The topological polar surface area (TPSA) is 91.5 Å². The Labute approximate surface area is 210 Å². The molecule has 3 aromatic rings. The minimum Gasteiger partial charge on any atom is -0.493 e. The Kier molecular flexibility index (Phi) is 7.00. The maximum atomic E-state index is 10.5. The molecule has 0 saturated carbocycles. The molecule has 8 heteroatoms. The first-order chi connectivity index (χ1) is 16.6. The van der Waals surface area contributed by atoms with E-state index < -0.39 is 0 Å². The van der Waals surface area contributed by atoms with Crippen molar-refractivity contribution in [1.29, 1.82) is 5.26 Å². The molecule has 1 aliphatic rings. The Hall–Kier alpha value is -3.18. The van der Waals surface area contributed by atoms with Gasteiger partial charge in [0.05, 0.1) is 17.3 Å². The van der Waals surface area contributed by atoms with Gasteiger partial charge in [0.25, 0.3) is 0 Å². The molecule has 0 unspecified atom stereocenters. The van der Waals surface area contributed by atoms with Gasteiger partial charge in [-0.15, -0.1) is 0 Å². The van der Waals surface area contributed by atoms with Crippen molar-refractivity contribution in [2.45, 2.75) is 51.6 Å². The molecular formula is C27H29ClN4O3. The van der Waals surface area contributed by atoms with Crippen molar-refractivity contribution in [2.24, 2.45) is 5.92 Å². The molecule has 182 valence electrons. The number of hydroxylamine groups is 2. The third-order valence-corrected chi connectivity index (χ3v) is 6.62. The summed E-state index contributed by atoms with van der Waals surface area (Å²) in [7, 11) is 0. The molecule has 7 nitrogen and oxygen atoms in total. The summed E-state index contributed by atoms with van der Waals surface area (Å²) >= 11 is 6.51. The summed E-state index contributed by atoms with van der Waals surface area (Å²) in [4.78, 5) is 8.17. The summed E-state index contributed by atoms with van der Waals surface area (Å²) in [5.74, 6) is 1.74. The van der Waals surface area contributed by atoms with Gasteiger partial charge in [0.2, 0.25) is 0 Å². The summed E-state index contributed by atoms with van der Waals surface area (Å²) in [6.07, 6.45) is 4.71. The van der Waals surface area contributed by atoms with Crippen molar-refractivity contribution in [3.05, 3.63) is 65.6 Å². The van der Waals surface area contributed by atoms with Crippen molar-refractivity contribution in [3.63, 3.8) is 0 Å². The van der Waals surface area contributed by atoms with Crippen LogP contribution in [0.2, 0.25) is 5.02 Å². The number of piperidine rings is 1. The zero-order valence-corrected chi connectivity index (χ0v) is 21.1. The Bertz CT molecular complexity index is 1220. The lowest BCUT2D eigenvalue weighted by atomic mass is 9.75. The third-order valence-electron chi connectivity index (χ3n) is 6.33. The van der Waals surface area contributed by atoms with Gasteiger partial charge in [0.15, 0.2) is 0 Å². The van der Waals surface area contributed by atoms with Crippen LogP contribution in [0.3, 0.4) is 0 Å². The third kappa shape index (κ3) is 5.40. The first-order valence-electron chi connectivity index (χ1n) is 11.5. The van der Waals surface area contributed by atoms with Crippen LogP contribution in [0.1, 0.15) is 46.1 Å². The highest BCUT2D eigenvalue weighted by molar-refractivity contribution is 6.32. The molecule has 0 bridgehead atoms. The number of nitriles is 1. The number of hydrogen-bond acceptors (Lipinski definition) is 7. The van der Waals surface area contributed by atoms with E-state index in [0.717, 1.165) is 12.8 Å². The average molecular weight is 493 g/mol. The van der Waals surface area contributed by atoms with Crippen LogP contribution in [-0.4, -0.2) is 37.9 Å². The van der Waals surface area contributed by atoms with Gasteiger partial charge in [-0.2, -0.15) is 10.3 Å². The molecule has 1 aliphatic heterocycles. The Balaban J connectivity index is 1.48. The minimum absolute atomic E-state index is 0.292. The van der Waals surface area contributed by atoms with Crippen LogP contribution in [0, 0.1) is 17.2 Å².